The van der Waals surface area contributed by atoms with E-state index >= 15 is 0 Å². The normalized spacial score (nSPS) is 17.7. The predicted octanol–water partition coefficient (Wildman–Crippen LogP) is 1.72. The molecule has 1 aromatic rings. The van der Waals surface area contributed by atoms with Gasteiger partial charge < -0.3 is 0 Å². The van der Waals surface area contributed by atoms with Crippen LogP contribution in [0.2, 0.25) is 0 Å². The van der Waals surface area contributed by atoms with E-state index in [4.69, 9.17) is 0 Å². The minimum atomic E-state index is -3.85. The van der Waals surface area contributed by atoms with Gasteiger partial charge in [-0.1, -0.05) is 0 Å². The van der Waals surface area contributed by atoms with Crippen LogP contribution in [0.3, 0.4) is 0 Å². The molecule has 0 heterocycles. The summed E-state index contributed by atoms with van der Waals surface area (Å²) in [6.07, 6.45) is 2.52. The minimum absolute atomic E-state index is 0.00125. The Bertz CT molecular complexity index is 770. The average molecular weight is 349 g/mol. The molecule has 1 saturated carbocycles. The van der Waals surface area contributed by atoms with E-state index in [0.717, 1.165) is 12.3 Å². The molecule has 1 aromatic carbocycles. The summed E-state index contributed by atoms with van der Waals surface area (Å²) in [6, 6.07) is 2.80. The van der Waals surface area contributed by atoms with Gasteiger partial charge in [-0.05, 0) is 50.5 Å². The molecular weight excluding hydrogens is 329 g/mol. The van der Waals surface area contributed by atoms with E-state index in [1.54, 1.807) is 6.92 Å². The lowest BCUT2D eigenvalue weighted by Gasteiger charge is -2.28. The average Bonchev–Trinajstić information content (AvgIpc) is 3.14. The number of rotatable bonds is 6. The van der Waals surface area contributed by atoms with E-state index in [1.165, 1.54) is 23.4 Å². The van der Waals surface area contributed by atoms with E-state index in [-0.39, 0.29) is 22.3 Å². The van der Waals surface area contributed by atoms with Crippen LogP contribution < -0.4 is 0 Å². The molecule has 0 aliphatic heterocycles. The van der Waals surface area contributed by atoms with Gasteiger partial charge in [0.15, 0.2) is 0 Å². The quantitative estimate of drug-likeness (QED) is 0.784. The predicted molar refractivity (Wildman–Crippen MR) is 82.4 cm³/mol. The zero-order valence-corrected chi connectivity index (χ0v) is 14.4. The highest BCUT2D eigenvalue weighted by molar-refractivity contribution is 7.91. The number of hydrogen-bond donors (Lipinski definition) is 0. The fourth-order valence-electron chi connectivity index (χ4n) is 2.53. The highest BCUT2D eigenvalue weighted by Crippen LogP contribution is 2.34. The Morgan fingerprint density at radius 2 is 1.86 bits per heavy atom. The number of sulfonamides is 1. The minimum Gasteiger partial charge on any atom is -0.229 e. The van der Waals surface area contributed by atoms with Crippen molar-refractivity contribution in [2.24, 2.45) is 0 Å². The number of benzene rings is 1. The summed E-state index contributed by atoms with van der Waals surface area (Å²) in [5.74, 6) is -0.704. The van der Waals surface area contributed by atoms with Crippen molar-refractivity contribution in [2.75, 3.05) is 12.0 Å². The molecule has 22 heavy (non-hydrogen) atoms. The molecule has 1 aliphatic carbocycles. The number of aryl methyl sites for hydroxylation is 1. The summed E-state index contributed by atoms with van der Waals surface area (Å²) < 4.78 is 63.2. The van der Waals surface area contributed by atoms with Crippen molar-refractivity contribution in [1.82, 2.24) is 4.31 Å². The summed E-state index contributed by atoms with van der Waals surface area (Å²) in [5.41, 5.74) is 0.243. The monoisotopic (exact) mass is 349 g/mol. The van der Waals surface area contributed by atoms with E-state index in [1.807, 2.05) is 0 Å². The summed E-state index contributed by atoms with van der Waals surface area (Å²) in [4.78, 5) is -0.00125. The van der Waals surface area contributed by atoms with Crippen LogP contribution in [0.4, 0.5) is 4.39 Å². The number of hydrogen-bond acceptors (Lipinski definition) is 4. The van der Waals surface area contributed by atoms with Gasteiger partial charge in [0.05, 0.1) is 10.6 Å². The van der Waals surface area contributed by atoms with Gasteiger partial charge in [0.25, 0.3) is 0 Å². The lowest BCUT2D eigenvalue weighted by atomic mass is 10.2. The third-order valence-electron chi connectivity index (χ3n) is 3.59. The number of sulfone groups is 1. The van der Waals surface area contributed by atoms with Crippen LogP contribution in [0.1, 0.15) is 25.3 Å². The Kier molecular flexibility index (Phi) is 4.66. The van der Waals surface area contributed by atoms with Gasteiger partial charge in [0.2, 0.25) is 10.0 Å². The zero-order valence-electron chi connectivity index (χ0n) is 12.8. The lowest BCUT2D eigenvalue weighted by molar-refractivity contribution is 0.347. The topological polar surface area (TPSA) is 71.5 Å². The van der Waals surface area contributed by atoms with Crippen LogP contribution in [-0.2, 0) is 19.9 Å². The Balaban J connectivity index is 2.40. The molecule has 2 rings (SSSR count). The second-order valence-corrected chi connectivity index (χ2v) is 9.95. The Hall–Kier alpha value is -0.990. The maximum absolute atomic E-state index is 13.4. The fraction of sp³-hybridized carbons (Fsp3) is 0.571. The third-order valence-corrected chi connectivity index (χ3v) is 6.74. The van der Waals surface area contributed by atoms with Crippen LogP contribution in [0.5, 0.6) is 0 Å². The van der Waals surface area contributed by atoms with Crippen molar-refractivity contribution in [3.8, 4) is 0 Å². The zero-order chi connectivity index (χ0) is 16.7. The van der Waals surface area contributed by atoms with Gasteiger partial charge in [-0.3, -0.25) is 0 Å². The molecule has 1 aliphatic rings. The molecule has 0 aromatic heterocycles. The van der Waals surface area contributed by atoms with Gasteiger partial charge >= 0.3 is 0 Å². The molecule has 0 amide bonds. The van der Waals surface area contributed by atoms with Gasteiger partial charge in [0.1, 0.15) is 15.7 Å². The Morgan fingerprint density at radius 1 is 1.27 bits per heavy atom. The number of halogens is 1. The molecule has 0 radical (unpaired) electrons. The molecule has 1 unspecified atom stereocenters. The fourth-order valence-corrected chi connectivity index (χ4v) is 5.63. The van der Waals surface area contributed by atoms with Gasteiger partial charge in [-0.25, -0.2) is 21.2 Å². The molecule has 5 nitrogen and oxygen atoms in total. The van der Waals surface area contributed by atoms with E-state index < -0.39 is 31.7 Å². The van der Waals surface area contributed by atoms with Crippen LogP contribution in [0.25, 0.3) is 0 Å². The van der Waals surface area contributed by atoms with E-state index in [2.05, 4.69) is 0 Å². The van der Waals surface area contributed by atoms with Crippen molar-refractivity contribution in [3.05, 3.63) is 29.6 Å². The molecule has 0 bridgehead atoms. The summed E-state index contributed by atoms with van der Waals surface area (Å²) >= 11 is 0. The Morgan fingerprint density at radius 3 is 2.32 bits per heavy atom. The van der Waals surface area contributed by atoms with Crippen LogP contribution >= 0.6 is 0 Å². The highest BCUT2D eigenvalue weighted by atomic mass is 32.2. The molecule has 1 atom stereocenters. The first-order chi connectivity index (χ1) is 10.0. The maximum atomic E-state index is 13.4. The SMILES string of the molecule is Cc1cc(S(=O)(=O)N(C(C)CS(C)(=O)=O)C2CC2)ccc1F. The second kappa shape index (κ2) is 5.90. The standard InChI is InChI=1S/C14H20FNO4S2/c1-10-8-13(6-7-14(10)15)22(19,20)16(12-4-5-12)11(2)9-21(3,17)18/h6-8,11-12H,4-5,9H2,1-3H3. The summed E-state index contributed by atoms with van der Waals surface area (Å²) in [5, 5.41) is 0. The first-order valence-corrected chi connectivity index (χ1v) is 10.5. The van der Waals surface area contributed by atoms with Gasteiger partial charge in [-0.15, -0.1) is 0 Å². The number of nitrogens with zero attached hydrogens (tertiary/aromatic N) is 1. The molecular formula is C14H20FNO4S2. The van der Waals surface area contributed by atoms with Crippen molar-refractivity contribution in [3.63, 3.8) is 0 Å². The van der Waals surface area contributed by atoms with Gasteiger partial charge in [0, 0.05) is 18.3 Å². The van der Waals surface area contributed by atoms with Crippen LogP contribution in [0.15, 0.2) is 23.1 Å². The van der Waals surface area contributed by atoms with Crippen molar-refractivity contribution >= 4 is 19.9 Å². The largest absolute Gasteiger partial charge is 0.243 e. The molecule has 0 N–H and O–H groups in total. The second-order valence-electron chi connectivity index (χ2n) is 5.92. The molecule has 124 valence electrons. The first-order valence-electron chi connectivity index (χ1n) is 7.00. The van der Waals surface area contributed by atoms with Crippen molar-refractivity contribution in [2.45, 2.75) is 43.7 Å². The third kappa shape index (κ3) is 3.85. The maximum Gasteiger partial charge on any atom is 0.243 e. The van der Waals surface area contributed by atoms with Gasteiger partial charge in [-0.2, -0.15) is 4.31 Å². The first kappa shape index (κ1) is 17.4. The summed E-state index contributed by atoms with van der Waals surface area (Å²) in [7, 11) is -7.14. The van der Waals surface area contributed by atoms with Crippen LogP contribution in [0, 0.1) is 12.7 Å². The highest BCUT2D eigenvalue weighted by Gasteiger charge is 2.42. The molecule has 1 fully saturated rings. The molecule has 8 heteroatoms. The smallest absolute Gasteiger partial charge is 0.229 e. The van der Waals surface area contributed by atoms with Crippen LogP contribution in [-0.4, -0.2) is 45.2 Å². The van der Waals surface area contributed by atoms with Crippen molar-refractivity contribution < 1.29 is 21.2 Å². The molecule has 0 spiro atoms. The lowest BCUT2D eigenvalue weighted by Crippen LogP contribution is -2.43. The van der Waals surface area contributed by atoms with E-state index in [9.17, 15) is 21.2 Å². The Labute approximate surface area is 131 Å². The summed E-state index contributed by atoms with van der Waals surface area (Å²) in [6.45, 7) is 3.09. The van der Waals surface area contributed by atoms with Crippen molar-refractivity contribution in [1.29, 1.82) is 0 Å². The molecule has 0 saturated heterocycles. The van der Waals surface area contributed by atoms with E-state index in [0.29, 0.717) is 12.8 Å².